The lowest BCUT2D eigenvalue weighted by Gasteiger charge is -2.39. The van der Waals surface area contributed by atoms with Crippen molar-refractivity contribution in [2.45, 2.75) is 38.4 Å². The fraction of sp³-hybridized carbons (Fsp3) is 0.643. The molecule has 0 N–H and O–H groups in total. The molecular formula is C14H18O2. The van der Waals surface area contributed by atoms with E-state index in [9.17, 15) is 4.79 Å². The first kappa shape index (κ1) is 10.3. The predicted octanol–water partition coefficient (Wildman–Crippen LogP) is 2.50. The standard InChI is InChI=1S/C14H18O2/c1-8(2)10-4-6-14-7-5-11(16-14)9(3)12(14)13(10)15/h5,7-8,10-12H,3-4,6H2,1-2H3/t10-,11+,12+,14+/m0/s1. The summed E-state index contributed by atoms with van der Waals surface area (Å²) < 4.78 is 5.94. The summed E-state index contributed by atoms with van der Waals surface area (Å²) in [6.07, 6.45) is 6.09. The Morgan fingerprint density at radius 1 is 1.56 bits per heavy atom. The minimum atomic E-state index is -0.315. The molecule has 86 valence electrons. The van der Waals surface area contributed by atoms with Crippen LogP contribution in [0.15, 0.2) is 24.3 Å². The Bertz CT molecular complexity index is 394. The highest BCUT2D eigenvalue weighted by atomic mass is 16.5. The SMILES string of the molecule is C=C1[C@@H]2C(=O)[C@H](C(C)C)CC[C@@]23C=C[C@H]1O3. The molecule has 0 radical (unpaired) electrons. The quantitative estimate of drug-likeness (QED) is 0.632. The summed E-state index contributed by atoms with van der Waals surface area (Å²) in [5, 5.41) is 0. The summed E-state index contributed by atoms with van der Waals surface area (Å²) in [6.45, 7) is 8.33. The number of ether oxygens (including phenoxy) is 1. The third kappa shape index (κ3) is 1.08. The molecule has 2 nitrogen and oxygen atoms in total. The maximum absolute atomic E-state index is 12.5. The number of carbonyl (C=O) groups is 1. The Balaban J connectivity index is 1.98. The van der Waals surface area contributed by atoms with E-state index in [0.717, 1.165) is 18.4 Å². The van der Waals surface area contributed by atoms with E-state index >= 15 is 0 Å². The molecule has 0 unspecified atom stereocenters. The molecule has 16 heavy (non-hydrogen) atoms. The average molecular weight is 218 g/mol. The van der Waals surface area contributed by atoms with Crippen molar-refractivity contribution in [1.29, 1.82) is 0 Å². The Labute approximate surface area is 96.4 Å². The van der Waals surface area contributed by atoms with Crippen molar-refractivity contribution in [3.05, 3.63) is 24.3 Å². The summed E-state index contributed by atoms with van der Waals surface area (Å²) in [5.74, 6) is 0.922. The molecule has 1 spiro atoms. The van der Waals surface area contributed by atoms with Crippen LogP contribution >= 0.6 is 0 Å². The molecule has 2 fully saturated rings. The van der Waals surface area contributed by atoms with Crippen LogP contribution in [0.2, 0.25) is 0 Å². The Morgan fingerprint density at radius 2 is 2.31 bits per heavy atom. The fourth-order valence-corrected chi connectivity index (χ4v) is 3.52. The normalized spacial score (nSPS) is 45.6. The number of fused-ring (bicyclic) bond motifs is 1. The molecule has 0 aromatic rings. The van der Waals surface area contributed by atoms with Gasteiger partial charge in [0.15, 0.2) is 0 Å². The van der Waals surface area contributed by atoms with Gasteiger partial charge in [0.2, 0.25) is 0 Å². The van der Waals surface area contributed by atoms with Gasteiger partial charge < -0.3 is 4.74 Å². The van der Waals surface area contributed by atoms with E-state index in [4.69, 9.17) is 4.74 Å². The summed E-state index contributed by atoms with van der Waals surface area (Å²) in [5.41, 5.74) is 0.669. The average Bonchev–Trinajstić information content (AvgIpc) is 2.73. The molecule has 2 bridgehead atoms. The van der Waals surface area contributed by atoms with Crippen molar-refractivity contribution in [3.8, 4) is 0 Å². The smallest absolute Gasteiger partial charge is 0.146 e. The van der Waals surface area contributed by atoms with Gasteiger partial charge in [-0.25, -0.2) is 0 Å². The lowest BCUT2D eigenvalue weighted by atomic mass is 9.64. The molecule has 4 atom stereocenters. The summed E-state index contributed by atoms with van der Waals surface area (Å²) in [7, 11) is 0. The second-order valence-corrected chi connectivity index (χ2v) is 5.65. The van der Waals surface area contributed by atoms with E-state index in [-0.39, 0.29) is 23.5 Å². The molecule has 0 aromatic carbocycles. The zero-order valence-electron chi connectivity index (χ0n) is 9.90. The van der Waals surface area contributed by atoms with Crippen LogP contribution in [-0.2, 0) is 9.53 Å². The first-order valence-electron chi connectivity index (χ1n) is 6.15. The molecule has 1 saturated heterocycles. The van der Waals surface area contributed by atoms with Crippen LogP contribution in [0.3, 0.4) is 0 Å². The first-order chi connectivity index (χ1) is 7.55. The number of Topliss-reactive ketones (excluding diaryl/α,β-unsaturated/α-hetero) is 1. The summed E-state index contributed by atoms with van der Waals surface area (Å²) >= 11 is 0. The van der Waals surface area contributed by atoms with E-state index in [1.54, 1.807) is 0 Å². The van der Waals surface area contributed by atoms with E-state index in [0.29, 0.717) is 11.7 Å². The molecule has 1 aliphatic carbocycles. The van der Waals surface area contributed by atoms with E-state index in [1.165, 1.54) is 0 Å². The number of hydrogen-bond donors (Lipinski definition) is 0. The zero-order valence-corrected chi connectivity index (χ0v) is 9.90. The molecular weight excluding hydrogens is 200 g/mol. The third-order valence-corrected chi connectivity index (χ3v) is 4.43. The Hall–Kier alpha value is -0.890. The number of hydrogen-bond acceptors (Lipinski definition) is 2. The molecule has 3 aliphatic rings. The van der Waals surface area contributed by atoms with Crippen molar-refractivity contribution >= 4 is 5.78 Å². The van der Waals surface area contributed by atoms with Gasteiger partial charge in [0.1, 0.15) is 11.4 Å². The number of ketones is 1. The third-order valence-electron chi connectivity index (χ3n) is 4.43. The van der Waals surface area contributed by atoms with Crippen molar-refractivity contribution in [1.82, 2.24) is 0 Å². The molecule has 1 saturated carbocycles. The van der Waals surface area contributed by atoms with E-state index < -0.39 is 0 Å². The van der Waals surface area contributed by atoms with Crippen molar-refractivity contribution in [2.24, 2.45) is 17.8 Å². The maximum Gasteiger partial charge on any atom is 0.146 e. The van der Waals surface area contributed by atoms with E-state index in [2.05, 4.69) is 32.6 Å². The monoisotopic (exact) mass is 218 g/mol. The molecule has 3 rings (SSSR count). The molecule has 2 heteroatoms. The maximum atomic E-state index is 12.5. The van der Waals surface area contributed by atoms with Gasteiger partial charge in [-0.3, -0.25) is 4.79 Å². The Morgan fingerprint density at radius 3 is 3.00 bits per heavy atom. The van der Waals surface area contributed by atoms with Crippen molar-refractivity contribution < 1.29 is 9.53 Å². The molecule has 2 aliphatic heterocycles. The topological polar surface area (TPSA) is 26.3 Å². The lowest BCUT2D eigenvalue weighted by molar-refractivity contribution is -0.136. The van der Waals surface area contributed by atoms with Crippen molar-refractivity contribution in [3.63, 3.8) is 0 Å². The van der Waals surface area contributed by atoms with Gasteiger partial charge in [0.05, 0.1) is 12.0 Å². The second kappa shape index (κ2) is 3.07. The lowest BCUT2D eigenvalue weighted by Crippen LogP contribution is -2.46. The largest absolute Gasteiger partial charge is 0.358 e. The fourth-order valence-electron chi connectivity index (χ4n) is 3.52. The van der Waals surface area contributed by atoms with Gasteiger partial charge in [-0.05, 0) is 24.3 Å². The highest BCUT2D eigenvalue weighted by Gasteiger charge is 2.59. The van der Waals surface area contributed by atoms with Crippen LogP contribution in [0, 0.1) is 17.8 Å². The number of rotatable bonds is 1. The van der Waals surface area contributed by atoms with Gasteiger partial charge in [0.25, 0.3) is 0 Å². The zero-order chi connectivity index (χ0) is 11.5. The summed E-state index contributed by atoms with van der Waals surface area (Å²) in [4.78, 5) is 12.5. The Kier molecular flexibility index (Phi) is 1.97. The van der Waals surface area contributed by atoms with Gasteiger partial charge in [-0.2, -0.15) is 0 Å². The van der Waals surface area contributed by atoms with Crippen LogP contribution < -0.4 is 0 Å². The summed E-state index contributed by atoms with van der Waals surface area (Å²) in [6, 6.07) is 0. The van der Waals surface area contributed by atoms with Crippen LogP contribution in [0.1, 0.15) is 26.7 Å². The number of carbonyl (C=O) groups excluding carboxylic acids is 1. The van der Waals surface area contributed by atoms with Crippen molar-refractivity contribution in [2.75, 3.05) is 0 Å². The van der Waals surface area contributed by atoms with Gasteiger partial charge in [0, 0.05) is 5.92 Å². The van der Waals surface area contributed by atoms with Gasteiger partial charge in [-0.15, -0.1) is 0 Å². The van der Waals surface area contributed by atoms with Gasteiger partial charge >= 0.3 is 0 Å². The van der Waals surface area contributed by atoms with E-state index in [1.807, 2.05) is 0 Å². The molecule has 2 heterocycles. The first-order valence-corrected chi connectivity index (χ1v) is 6.15. The van der Waals surface area contributed by atoms with Gasteiger partial charge in [-0.1, -0.05) is 32.6 Å². The minimum Gasteiger partial charge on any atom is -0.358 e. The molecule has 0 amide bonds. The van der Waals surface area contributed by atoms with Crippen LogP contribution in [0.4, 0.5) is 0 Å². The predicted molar refractivity (Wildman–Crippen MR) is 61.9 cm³/mol. The second-order valence-electron chi connectivity index (χ2n) is 5.65. The van der Waals surface area contributed by atoms with Crippen LogP contribution in [0.5, 0.6) is 0 Å². The van der Waals surface area contributed by atoms with Crippen LogP contribution in [0.25, 0.3) is 0 Å². The minimum absolute atomic E-state index is 0.000128. The molecule has 0 aromatic heterocycles. The highest BCUT2D eigenvalue weighted by Crippen LogP contribution is 2.53. The highest BCUT2D eigenvalue weighted by molar-refractivity contribution is 5.90. The van der Waals surface area contributed by atoms with Crippen LogP contribution in [-0.4, -0.2) is 17.5 Å².